The van der Waals surface area contributed by atoms with Crippen LogP contribution >= 0.6 is 11.6 Å². The lowest BCUT2D eigenvalue weighted by Crippen LogP contribution is -2.41. The lowest BCUT2D eigenvalue weighted by atomic mass is 10.1. The van der Waals surface area contributed by atoms with Gasteiger partial charge in [-0.05, 0) is 17.7 Å². The Hall–Kier alpha value is -0.620. The molecule has 94 valence electrons. The number of morpholine rings is 1. The molecule has 0 N–H and O–H groups in total. The van der Waals surface area contributed by atoms with E-state index in [1.54, 1.807) is 12.1 Å². The zero-order valence-electron chi connectivity index (χ0n) is 9.47. The zero-order valence-corrected chi connectivity index (χ0v) is 11.0. The van der Waals surface area contributed by atoms with E-state index in [0.717, 1.165) is 5.56 Å². The third-order valence-corrected chi connectivity index (χ3v) is 4.26. The van der Waals surface area contributed by atoms with Crippen LogP contribution in [0.15, 0.2) is 24.3 Å². The van der Waals surface area contributed by atoms with Crippen molar-refractivity contribution in [1.82, 2.24) is 4.31 Å². The summed E-state index contributed by atoms with van der Waals surface area (Å²) >= 11 is 5.80. The van der Waals surface area contributed by atoms with Crippen LogP contribution in [0.1, 0.15) is 11.7 Å². The van der Waals surface area contributed by atoms with Crippen molar-refractivity contribution in [1.29, 1.82) is 0 Å². The molecular weight excluding hydrogens is 262 g/mol. The number of ether oxygens (including phenoxy) is 1. The Kier molecular flexibility index (Phi) is 3.73. The molecule has 1 atom stereocenters. The molecule has 0 saturated carbocycles. The Morgan fingerprint density at radius 1 is 1.35 bits per heavy atom. The molecule has 1 aromatic rings. The molecule has 0 aromatic heterocycles. The fourth-order valence-electron chi connectivity index (χ4n) is 1.81. The smallest absolute Gasteiger partial charge is 0.211 e. The van der Waals surface area contributed by atoms with Gasteiger partial charge < -0.3 is 4.74 Å². The topological polar surface area (TPSA) is 46.6 Å². The van der Waals surface area contributed by atoms with Gasteiger partial charge in [0.25, 0.3) is 0 Å². The Bertz CT molecular complexity index is 486. The average Bonchev–Trinajstić information content (AvgIpc) is 2.29. The fourth-order valence-corrected chi connectivity index (χ4v) is 2.74. The maximum absolute atomic E-state index is 11.5. The van der Waals surface area contributed by atoms with E-state index in [1.807, 2.05) is 12.1 Å². The average molecular weight is 276 g/mol. The van der Waals surface area contributed by atoms with E-state index in [-0.39, 0.29) is 6.10 Å². The highest BCUT2D eigenvalue weighted by Crippen LogP contribution is 2.24. The summed E-state index contributed by atoms with van der Waals surface area (Å²) in [5, 5.41) is 0.657. The molecule has 0 amide bonds. The van der Waals surface area contributed by atoms with Crippen molar-refractivity contribution in [2.75, 3.05) is 26.0 Å². The summed E-state index contributed by atoms with van der Waals surface area (Å²) in [6.07, 6.45) is 1.01. The molecule has 4 nitrogen and oxygen atoms in total. The van der Waals surface area contributed by atoms with Crippen molar-refractivity contribution in [3.05, 3.63) is 34.9 Å². The Labute approximate surface area is 106 Å². The van der Waals surface area contributed by atoms with Crippen LogP contribution in [-0.4, -0.2) is 38.7 Å². The van der Waals surface area contributed by atoms with Gasteiger partial charge in [0.1, 0.15) is 0 Å². The van der Waals surface area contributed by atoms with Crippen LogP contribution in [-0.2, 0) is 14.8 Å². The maximum Gasteiger partial charge on any atom is 0.211 e. The van der Waals surface area contributed by atoms with Crippen LogP contribution in [0.5, 0.6) is 0 Å². The molecule has 0 aliphatic carbocycles. The van der Waals surface area contributed by atoms with Crippen LogP contribution in [0, 0.1) is 0 Å². The molecule has 1 aliphatic rings. The highest BCUT2D eigenvalue weighted by molar-refractivity contribution is 7.88. The number of hydrogen-bond donors (Lipinski definition) is 0. The highest BCUT2D eigenvalue weighted by Gasteiger charge is 2.27. The van der Waals surface area contributed by atoms with Crippen LogP contribution in [0.3, 0.4) is 0 Å². The van der Waals surface area contributed by atoms with Gasteiger partial charge in [-0.15, -0.1) is 0 Å². The summed E-state index contributed by atoms with van der Waals surface area (Å²) in [4.78, 5) is 0. The van der Waals surface area contributed by atoms with Crippen LogP contribution < -0.4 is 0 Å². The summed E-state index contributed by atoms with van der Waals surface area (Å²) in [7, 11) is -3.15. The summed E-state index contributed by atoms with van der Waals surface area (Å²) in [6.45, 7) is 1.20. The van der Waals surface area contributed by atoms with Crippen molar-refractivity contribution in [2.24, 2.45) is 0 Å². The van der Waals surface area contributed by atoms with Crippen molar-refractivity contribution in [3.8, 4) is 0 Å². The lowest BCUT2D eigenvalue weighted by Gasteiger charge is -2.31. The van der Waals surface area contributed by atoms with Gasteiger partial charge in [-0.1, -0.05) is 23.7 Å². The lowest BCUT2D eigenvalue weighted by molar-refractivity contribution is -0.00234. The number of benzene rings is 1. The first-order valence-corrected chi connectivity index (χ1v) is 7.51. The number of halogens is 1. The third kappa shape index (κ3) is 3.19. The number of sulfonamides is 1. The van der Waals surface area contributed by atoms with E-state index in [9.17, 15) is 8.42 Å². The minimum absolute atomic E-state index is 0.212. The van der Waals surface area contributed by atoms with Crippen molar-refractivity contribution >= 4 is 21.6 Å². The van der Waals surface area contributed by atoms with Gasteiger partial charge in [-0.3, -0.25) is 0 Å². The third-order valence-electron chi connectivity index (χ3n) is 2.74. The number of hydrogen-bond acceptors (Lipinski definition) is 3. The predicted octanol–water partition coefficient (Wildman–Crippen LogP) is 1.67. The summed E-state index contributed by atoms with van der Waals surface area (Å²) in [6, 6.07) is 7.27. The normalized spacial score (nSPS) is 22.6. The van der Waals surface area contributed by atoms with E-state index < -0.39 is 10.0 Å². The molecule has 1 aromatic carbocycles. The molecular formula is C11H14ClNO3S. The van der Waals surface area contributed by atoms with Crippen LogP contribution in [0.2, 0.25) is 5.02 Å². The largest absolute Gasteiger partial charge is 0.371 e. The second-order valence-electron chi connectivity index (χ2n) is 4.03. The van der Waals surface area contributed by atoms with Gasteiger partial charge in [-0.2, -0.15) is 4.31 Å². The first kappa shape index (κ1) is 12.8. The van der Waals surface area contributed by atoms with Crippen LogP contribution in [0.25, 0.3) is 0 Å². The second-order valence-corrected chi connectivity index (χ2v) is 6.45. The van der Waals surface area contributed by atoms with Gasteiger partial charge >= 0.3 is 0 Å². The molecule has 6 heteroatoms. The molecule has 1 aliphatic heterocycles. The zero-order chi connectivity index (χ0) is 12.5. The van der Waals surface area contributed by atoms with Gasteiger partial charge in [0.2, 0.25) is 10.0 Å². The van der Waals surface area contributed by atoms with Gasteiger partial charge in [-0.25, -0.2) is 8.42 Å². The molecule has 2 rings (SSSR count). The van der Waals surface area contributed by atoms with E-state index in [0.29, 0.717) is 24.7 Å². The van der Waals surface area contributed by atoms with Crippen molar-refractivity contribution in [3.63, 3.8) is 0 Å². The standard InChI is InChI=1S/C11H14ClNO3S/c1-17(14,15)13-6-7-16-11(8-13)9-2-4-10(12)5-3-9/h2-5,11H,6-8H2,1H3. The number of nitrogens with zero attached hydrogens (tertiary/aromatic N) is 1. The Morgan fingerprint density at radius 2 is 2.00 bits per heavy atom. The van der Waals surface area contributed by atoms with E-state index in [2.05, 4.69) is 0 Å². The molecule has 1 saturated heterocycles. The minimum atomic E-state index is -3.15. The monoisotopic (exact) mass is 275 g/mol. The molecule has 17 heavy (non-hydrogen) atoms. The Balaban J connectivity index is 2.15. The predicted molar refractivity (Wildman–Crippen MR) is 66.6 cm³/mol. The molecule has 0 bridgehead atoms. The first-order valence-electron chi connectivity index (χ1n) is 5.29. The highest BCUT2D eigenvalue weighted by atomic mass is 35.5. The quantitative estimate of drug-likeness (QED) is 0.825. The summed E-state index contributed by atoms with van der Waals surface area (Å²) < 4.78 is 30.0. The van der Waals surface area contributed by atoms with Crippen LogP contribution in [0.4, 0.5) is 0 Å². The van der Waals surface area contributed by atoms with E-state index in [1.165, 1.54) is 10.6 Å². The number of rotatable bonds is 2. The van der Waals surface area contributed by atoms with Crippen molar-refractivity contribution < 1.29 is 13.2 Å². The SMILES string of the molecule is CS(=O)(=O)N1CCOC(c2ccc(Cl)cc2)C1. The molecule has 0 radical (unpaired) electrons. The van der Waals surface area contributed by atoms with Gasteiger partial charge in [0.05, 0.1) is 19.0 Å². The first-order chi connectivity index (χ1) is 7.97. The van der Waals surface area contributed by atoms with E-state index >= 15 is 0 Å². The molecule has 1 unspecified atom stereocenters. The second kappa shape index (κ2) is 4.94. The Morgan fingerprint density at radius 3 is 2.59 bits per heavy atom. The van der Waals surface area contributed by atoms with Gasteiger partial charge in [0, 0.05) is 18.1 Å². The van der Waals surface area contributed by atoms with Crippen molar-refractivity contribution in [2.45, 2.75) is 6.10 Å². The van der Waals surface area contributed by atoms with Gasteiger partial charge in [0.15, 0.2) is 0 Å². The minimum Gasteiger partial charge on any atom is -0.371 e. The molecule has 1 heterocycles. The maximum atomic E-state index is 11.5. The summed E-state index contributed by atoms with van der Waals surface area (Å²) in [5.74, 6) is 0. The fraction of sp³-hybridized carbons (Fsp3) is 0.455. The summed E-state index contributed by atoms with van der Waals surface area (Å²) in [5.41, 5.74) is 0.947. The molecule has 0 spiro atoms. The van der Waals surface area contributed by atoms with E-state index in [4.69, 9.17) is 16.3 Å². The molecule has 1 fully saturated rings.